The van der Waals surface area contributed by atoms with E-state index in [1.165, 1.54) is 35.2 Å². The lowest BCUT2D eigenvalue weighted by Crippen LogP contribution is -2.36. The Morgan fingerprint density at radius 2 is 2.10 bits per heavy atom. The zero-order chi connectivity index (χ0) is 16.2. The van der Waals surface area contributed by atoms with E-state index in [1.807, 2.05) is 6.26 Å². The lowest BCUT2D eigenvalue weighted by atomic mass is 10.3. The Bertz CT molecular complexity index is 619. The Labute approximate surface area is 128 Å². The molecule has 1 aromatic carbocycles. The van der Waals surface area contributed by atoms with Gasteiger partial charge < -0.3 is 5.32 Å². The fourth-order valence-electron chi connectivity index (χ4n) is 1.78. The molecule has 0 aliphatic carbocycles. The summed E-state index contributed by atoms with van der Waals surface area (Å²) in [6.07, 6.45) is 1.89. The van der Waals surface area contributed by atoms with Gasteiger partial charge in [0.2, 0.25) is 10.0 Å². The summed E-state index contributed by atoms with van der Waals surface area (Å²) in [5, 5.41) is 13.6. The first-order valence-electron chi connectivity index (χ1n) is 6.18. The second-order valence-electron chi connectivity index (χ2n) is 4.51. The summed E-state index contributed by atoms with van der Waals surface area (Å²) in [4.78, 5) is 10.2. The van der Waals surface area contributed by atoms with Gasteiger partial charge in [-0.1, -0.05) is 0 Å². The maximum absolute atomic E-state index is 12.7. The molecule has 0 aromatic heterocycles. The number of hydrogen-bond acceptors (Lipinski definition) is 6. The van der Waals surface area contributed by atoms with Gasteiger partial charge in [-0.05, 0) is 19.2 Å². The summed E-state index contributed by atoms with van der Waals surface area (Å²) in [6, 6.07) is 3.55. The Morgan fingerprint density at radius 1 is 1.48 bits per heavy atom. The minimum Gasteiger partial charge on any atom is -0.387 e. The molecule has 0 fully saturated rings. The summed E-state index contributed by atoms with van der Waals surface area (Å²) < 4.78 is 26.6. The predicted molar refractivity (Wildman–Crippen MR) is 85.4 cm³/mol. The number of nitro groups is 1. The molecule has 0 spiro atoms. The lowest BCUT2D eigenvalue weighted by molar-refractivity contribution is -0.385. The van der Waals surface area contributed by atoms with E-state index in [0.29, 0.717) is 11.4 Å². The van der Waals surface area contributed by atoms with Crippen LogP contribution in [0.3, 0.4) is 0 Å². The van der Waals surface area contributed by atoms with E-state index in [1.54, 1.807) is 14.0 Å². The predicted octanol–water partition coefficient (Wildman–Crippen LogP) is 2.01. The highest BCUT2D eigenvalue weighted by atomic mass is 32.2. The second kappa shape index (κ2) is 7.10. The van der Waals surface area contributed by atoms with Gasteiger partial charge in [-0.2, -0.15) is 16.1 Å². The third-order valence-corrected chi connectivity index (χ3v) is 5.96. The molecule has 0 saturated heterocycles. The van der Waals surface area contributed by atoms with Gasteiger partial charge in [-0.25, -0.2) is 8.42 Å². The van der Waals surface area contributed by atoms with Crippen molar-refractivity contribution in [1.82, 2.24) is 4.31 Å². The van der Waals surface area contributed by atoms with E-state index < -0.39 is 14.9 Å². The van der Waals surface area contributed by atoms with Crippen LogP contribution in [-0.2, 0) is 10.0 Å². The van der Waals surface area contributed by atoms with E-state index >= 15 is 0 Å². The summed E-state index contributed by atoms with van der Waals surface area (Å²) >= 11 is 1.54. The first kappa shape index (κ1) is 17.7. The van der Waals surface area contributed by atoms with Crippen LogP contribution >= 0.6 is 11.8 Å². The van der Waals surface area contributed by atoms with E-state index in [9.17, 15) is 18.5 Å². The zero-order valence-corrected chi connectivity index (χ0v) is 14.0. The van der Waals surface area contributed by atoms with Gasteiger partial charge in [-0.15, -0.1) is 0 Å². The minimum atomic E-state index is -3.81. The molecule has 0 heterocycles. The maximum atomic E-state index is 12.7. The number of sulfonamides is 1. The molecule has 0 amide bonds. The van der Waals surface area contributed by atoms with Crippen LogP contribution in [0.25, 0.3) is 0 Å². The molecule has 1 unspecified atom stereocenters. The fraction of sp³-hybridized carbons (Fsp3) is 0.500. The van der Waals surface area contributed by atoms with Gasteiger partial charge in [0.15, 0.2) is 0 Å². The molecule has 1 atom stereocenters. The van der Waals surface area contributed by atoms with Crippen molar-refractivity contribution in [1.29, 1.82) is 0 Å². The van der Waals surface area contributed by atoms with Crippen molar-refractivity contribution in [2.45, 2.75) is 17.9 Å². The smallest absolute Gasteiger partial charge is 0.270 e. The lowest BCUT2D eigenvalue weighted by Gasteiger charge is -2.24. The number of thioether (sulfide) groups is 1. The summed E-state index contributed by atoms with van der Waals surface area (Å²) in [5.74, 6) is 0.638. The number of rotatable bonds is 7. The molecule has 1 aromatic rings. The van der Waals surface area contributed by atoms with Crippen LogP contribution in [0, 0.1) is 10.1 Å². The summed E-state index contributed by atoms with van der Waals surface area (Å²) in [5.41, 5.74) is 0.0855. The van der Waals surface area contributed by atoms with Crippen molar-refractivity contribution in [2.75, 3.05) is 31.4 Å². The third kappa shape index (κ3) is 3.86. The Morgan fingerprint density at radius 3 is 2.57 bits per heavy atom. The van der Waals surface area contributed by atoms with Crippen LogP contribution < -0.4 is 5.32 Å². The number of nitrogens with zero attached hydrogens (tertiary/aromatic N) is 2. The van der Waals surface area contributed by atoms with Crippen LogP contribution in [0.5, 0.6) is 0 Å². The highest BCUT2D eigenvalue weighted by Gasteiger charge is 2.29. The van der Waals surface area contributed by atoms with Gasteiger partial charge in [-0.3, -0.25) is 10.1 Å². The average Bonchev–Trinajstić information content (AvgIpc) is 2.45. The highest BCUT2D eigenvalue weighted by molar-refractivity contribution is 7.98. The van der Waals surface area contributed by atoms with E-state index in [4.69, 9.17) is 0 Å². The summed E-state index contributed by atoms with van der Waals surface area (Å²) in [6.45, 7) is 1.80. The highest BCUT2D eigenvalue weighted by Crippen LogP contribution is 2.29. The van der Waals surface area contributed by atoms with Crippen LogP contribution in [0.2, 0.25) is 0 Å². The normalized spacial score (nSPS) is 13.2. The van der Waals surface area contributed by atoms with Gasteiger partial charge in [0.1, 0.15) is 4.90 Å². The molecule has 0 bridgehead atoms. The minimum absolute atomic E-state index is 0.0883. The number of non-ortho nitro benzene ring substituents is 1. The average molecular weight is 333 g/mol. The zero-order valence-electron chi connectivity index (χ0n) is 12.4. The largest absolute Gasteiger partial charge is 0.387 e. The molecule has 0 radical (unpaired) electrons. The fourth-order valence-corrected chi connectivity index (χ4v) is 4.16. The molecule has 118 valence electrons. The molecule has 7 nitrogen and oxygen atoms in total. The van der Waals surface area contributed by atoms with Gasteiger partial charge in [0.25, 0.3) is 5.69 Å². The molecule has 0 aliphatic heterocycles. The topological polar surface area (TPSA) is 92.5 Å². The molecule has 9 heteroatoms. The molecule has 0 aliphatic rings. The first-order chi connectivity index (χ1) is 9.75. The molecule has 1 N–H and O–H groups in total. The molecule has 0 saturated carbocycles. The van der Waals surface area contributed by atoms with Gasteiger partial charge in [0.05, 0.1) is 10.6 Å². The van der Waals surface area contributed by atoms with Gasteiger partial charge >= 0.3 is 0 Å². The van der Waals surface area contributed by atoms with Crippen molar-refractivity contribution < 1.29 is 13.3 Å². The van der Waals surface area contributed by atoms with Crippen molar-refractivity contribution in [3.8, 4) is 0 Å². The molecular weight excluding hydrogens is 314 g/mol. The number of benzene rings is 1. The Kier molecular flexibility index (Phi) is 5.99. The van der Waals surface area contributed by atoms with Crippen LogP contribution in [0.15, 0.2) is 23.1 Å². The van der Waals surface area contributed by atoms with E-state index in [2.05, 4.69) is 5.32 Å². The molecule has 1 rings (SSSR count). The first-order valence-corrected chi connectivity index (χ1v) is 9.02. The van der Waals surface area contributed by atoms with Crippen molar-refractivity contribution in [2.24, 2.45) is 0 Å². The van der Waals surface area contributed by atoms with Crippen LogP contribution in [0.1, 0.15) is 6.92 Å². The van der Waals surface area contributed by atoms with Crippen molar-refractivity contribution in [3.63, 3.8) is 0 Å². The standard InChI is InChI=1S/C12H19N3O4S2/c1-9(8-20-4)14(3)21(18,19)12-7-10(15(16)17)5-6-11(12)13-2/h5-7,9,13H,8H2,1-4H3. The number of anilines is 1. The Balaban J connectivity index is 3.35. The monoisotopic (exact) mass is 333 g/mol. The Hall–Kier alpha value is -1.32. The van der Waals surface area contributed by atoms with Gasteiger partial charge in [0, 0.05) is 38.0 Å². The van der Waals surface area contributed by atoms with Crippen molar-refractivity contribution >= 4 is 33.2 Å². The SMILES string of the molecule is CNc1ccc([N+](=O)[O-])cc1S(=O)(=O)N(C)C(C)CSC. The van der Waals surface area contributed by atoms with Crippen molar-refractivity contribution in [3.05, 3.63) is 28.3 Å². The maximum Gasteiger partial charge on any atom is 0.270 e. The summed E-state index contributed by atoms with van der Waals surface area (Å²) in [7, 11) is -0.751. The van der Waals surface area contributed by atoms with Crippen LogP contribution in [-0.4, -0.2) is 49.8 Å². The second-order valence-corrected chi connectivity index (χ2v) is 7.39. The number of hydrogen-bond donors (Lipinski definition) is 1. The number of nitrogens with one attached hydrogen (secondary N) is 1. The van der Waals surface area contributed by atoms with Crippen LogP contribution in [0.4, 0.5) is 11.4 Å². The molecular formula is C12H19N3O4S2. The molecule has 21 heavy (non-hydrogen) atoms. The van der Waals surface area contributed by atoms with E-state index in [-0.39, 0.29) is 16.6 Å². The third-order valence-electron chi connectivity index (χ3n) is 3.13. The quantitative estimate of drug-likeness (QED) is 0.606. The number of nitro benzene ring substituents is 1. The van der Waals surface area contributed by atoms with E-state index in [0.717, 1.165) is 6.07 Å².